The molecule has 1 aliphatic heterocycles. The number of aromatic nitrogens is 1. The Hall–Kier alpha value is -4.67. The zero-order valence-corrected chi connectivity index (χ0v) is 25.5. The van der Waals surface area contributed by atoms with Crippen molar-refractivity contribution in [3.05, 3.63) is 77.6 Å². The van der Waals surface area contributed by atoms with Crippen LogP contribution in [0.2, 0.25) is 0 Å². The molecule has 0 unspecified atom stereocenters. The van der Waals surface area contributed by atoms with E-state index in [0.29, 0.717) is 68.1 Å². The summed E-state index contributed by atoms with van der Waals surface area (Å²) in [4.78, 5) is 44.4. The van der Waals surface area contributed by atoms with E-state index < -0.39 is 11.7 Å². The number of nitrogens with zero attached hydrogens (tertiary/aromatic N) is 2. The third-order valence-electron chi connectivity index (χ3n) is 7.17. The number of ether oxygens (including phenoxy) is 1. The summed E-state index contributed by atoms with van der Waals surface area (Å²) in [5, 5.41) is 8.94. The van der Waals surface area contributed by atoms with Crippen LogP contribution in [0.25, 0.3) is 11.3 Å². The summed E-state index contributed by atoms with van der Waals surface area (Å²) in [5.41, 5.74) is 8.68. The number of nitrogens with one attached hydrogen (secondary N) is 3. The van der Waals surface area contributed by atoms with Gasteiger partial charge < -0.3 is 31.3 Å². The van der Waals surface area contributed by atoms with Crippen LogP contribution < -0.4 is 21.7 Å². The van der Waals surface area contributed by atoms with Crippen molar-refractivity contribution in [1.82, 2.24) is 20.5 Å². The number of anilines is 2. The predicted octanol–water partition coefficient (Wildman–Crippen LogP) is 4.76. The van der Waals surface area contributed by atoms with Gasteiger partial charge in [0.2, 0.25) is 5.91 Å². The molecule has 11 heteroatoms. The van der Waals surface area contributed by atoms with Gasteiger partial charge in [-0.05, 0) is 75.9 Å². The van der Waals surface area contributed by atoms with Crippen LogP contribution in [-0.2, 0) is 16.0 Å². The Kier molecular flexibility index (Phi) is 10.8. The molecule has 3 amide bonds. The van der Waals surface area contributed by atoms with Gasteiger partial charge in [-0.25, -0.2) is 14.2 Å². The molecule has 1 aliphatic rings. The maximum Gasteiger partial charge on any atom is 0.407 e. The van der Waals surface area contributed by atoms with Gasteiger partial charge in [-0.3, -0.25) is 9.59 Å². The van der Waals surface area contributed by atoms with Crippen molar-refractivity contribution < 1.29 is 23.5 Å². The highest BCUT2D eigenvalue weighted by atomic mass is 19.1. The molecule has 0 saturated carbocycles. The Labute approximate surface area is 257 Å². The summed E-state index contributed by atoms with van der Waals surface area (Å²) in [6.45, 7) is 6.91. The van der Waals surface area contributed by atoms with Gasteiger partial charge in [0.15, 0.2) is 0 Å². The number of nitrogens with two attached hydrogens (primary N) is 1. The second kappa shape index (κ2) is 14.7. The van der Waals surface area contributed by atoms with Crippen LogP contribution in [0.15, 0.2) is 60.7 Å². The molecule has 10 nitrogen and oxygen atoms in total. The molecule has 1 saturated heterocycles. The quantitative estimate of drug-likeness (QED) is 0.173. The monoisotopic (exact) mass is 604 g/mol. The van der Waals surface area contributed by atoms with E-state index in [2.05, 4.69) is 16.0 Å². The average molecular weight is 605 g/mol. The standard InChI is InChI=1S/C33H41FN6O4/c1-33(2,3)44-32(43)37-17-7-19-40-24(12-15-29(40)41)21-38-31(42)26-13-14-28(25-10-4-5-11-27(25)35)39-30(26)36-18-16-22-8-6-9-23(34)20-22/h4-6,8-11,13-14,20,24H,7,12,15-19,21,35H2,1-3H3,(H,36,39)(H,37,43)(H,38,42)/t24-/m1/s1. The molecule has 0 aliphatic carbocycles. The van der Waals surface area contributed by atoms with Gasteiger partial charge in [0.1, 0.15) is 17.2 Å². The van der Waals surface area contributed by atoms with Crippen LogP contribution in [0.3, 0.4) is 0 Å². The highest BCUT2D eigenvalue weighted by molar-refractivity contribution is 5.99. The Balaban J connectivity index is 1.39. The van der Waals surface area contributed by atoms with E-state index in [9.17, 15) is 18.8 Å². The van der Waals surface area contributed by atoms with E-state index in [4.69, 9.17) is 15.5 Å². The number of carbonyl (C=O) groups excluding carboxylic acids is 3. The molecule has 2 heterocycles. The molecule has 0 spiro atoms. The number of para-hydroxylation sites is 1. The number of likely N-dealkylation sites (tertiary alicyclic amines) is 1. The lowest BCUT2D eigenvalue weighted by Gasteiger charge is -2.25. The minimum atomic E-state index is -0.584. The van der Waals surface area contributed by atoms with Gasteiger partial charge in [0.05, 0.1) is 11.3 Å². The minimum absolute atomic E-state index is 0.0210. The number of hydrogen-bond donors (Lipinski definition) is 4. The van der Waals surface area contributed by atoms with Crippen molar-refractivity contribution in [2.45, 2.75) is 58.1 Å². The summed E-state index contributed by atoms with van der Waals surface area (Å²) < 4.78 is 18.9. The number of benzene rings is 2. The van der Waals surface area contributed by atoms with Crippen LogP contribution in [0.1, 0.15) is 56.0 Å². The molecular formula is C33H41FN6O4. The molecule has 5 N–H and O–H groups in total. The number of alkyl carbamates (subject to hydrolysis) is 1. The summed E-state index contributed by atoms with van der Waals surface area (Å²) in [5.74, 6) is -0.231. The van der Waals surface area contributed by atoms with E-state index >= 15 is 0 Å². The van der Waals surface area contributed by atoms with Gasteiger partial charge in [-0.1, -0.05) is 30.3 Å². The second-order valence-electron chi connectivity index (χ2n) is 11.8. The zero-order valence-electron chi connectivity index (χ0n) is 25.5. The largest absolute Gasteiger partial charge is 0.444 e. The highest BCUT2D eigenvalue weighted by Gasteiger charge is 2.31. The first-order chi connectivity index (χ1) is 21.0. The molecule has 1 aromatic heterocycles. The van der Waals surface area contributed by atoms with Crippen LogP contribution in [0.4, 0.5) is 20.7 Å². The normalized spacial score (nSPS) is 14.8. The molecular weight excluding hydrogens is 563 g/mol. The molecule has 44 heavy (non-hydrogen) atoms. The van der Waals surface area contributed by atoms with Crippen LogP contribution >= 0.6 is 0 Å². The third kappa shape index (κ3) is 9.16. The maximum absolute atomic E-state index is 13.7. The third-order valence-corrected chi connectivity index (χ3v) is 7.17. The van der Waals surface area contributed by atoms with Crippen molar-refractivity contribution in [3.8, 4) is 11.3 Å². The SMILES string of the molecule is CC(C)(C)OC(=O)NCCCN1C(=O)CC[C@@H]1CNC(=O)c1ccc(-c2ccccc2N)nc1NCCc1cccc(F)c1. The number of pyridine rings is 1. The molecule has 1 atom stereocenters. The number of halogens is 1. The molecule has 3 aromatic rings. The van der Waals surface area contributed by atoms with E-state index in [1.807, 2.05) is 24.3 Å². The highest BCUT2D eigenvalue weighted by Crippen LogP contribution is 2.27. The first kappa shape index (κ1) is 32.2. The van der Waals surface area contributed by atoms with E-state index in [1.54, 1.807) is 49.9 Å². The van der Waals surface area contributed by atoms with Crippen molar-refractivity contribution in [2.24, 2.45) is 0 Å². The fourth-order valence-electron chi connectivity index (χ4n) is 5.05. The number of nitrogen functional groups attached to an aromatic ring is 1. The van der Waals surface area contributed by atoms with Gasteiger partial charge in [-0.15, -0.1) is 0 Å². The Bertz CT molecular complexity index is 1470. The molecule has 0 radical (unpaired) electrons. The van der Waals surface area contributed by atoms with Crippen molar-refractivity contribution in [2.75, 3.05) is 37.2 Å². The smallest absolute Gasteiger partial charge is 0.407 e. The fourth-order valence-corrected chi connectivity index (χ4v) is 5.05. The lowest BCUT2D eigenvalue weighted by atomic mass is 10.1. The van der Waals surface area contributed by atoms with Gasteiger partial charge in [0.25, 0.3) is 5.91 Å². The Morgan fingerprint density at radius 2 is 1.86 bits per heavy atom. The number of amides is 3. The summed E-state index contributed by atoms with van der Waals surface area (Å²) in [7, 11) is 0. The van der Waals surface area contributed by atoms with E-state index in [0.717, 1.165) is 11.1 Å². The maximum atomic E-state index is 13.7. The van der Waals surface area contributed by atoms with E-state index in [-0.39, 0.29) is 30.2 Å². The predicted molar refractivity (Wildman–Crippen MR) is 169 cm³/mol. The van der Waals surface area contributed by atoms with Crippen LogP contribution in [0.5, 0.6) is 0 Å². The van der Waals surface area contributed by atoms with Gasteiger partial charge in [0, 0.05) is 49.9 Å². The molecule has 234 valence electrons. The molecule has 0 bridgehead atoms. The fraction of sp³-hybridized carbons (Fsp3) is 0.394. The first-order valence-corrected chi connectivity index (χ1v) is 14.9. The topological polar surface area (TPSA) is 139 Å². The zero-order chi connectivity index (χ0) is 31.7. The second-order valence-corrected chi connectivity index (χ2v) is 11.8. The summed E-state index contributed by atoms with van der Waals surface area (Å²) in [6, 6.07) is 17.0. The summed E-state index contributed by atoms with van der Waals surface area (Å²) in [6.07, 6.45) is 1.62. The number of hydrogen-bond acceptors (Lipinski definition) is 7. The summed E-state index contributed by atoms with van der Waals surface area (Å²) >= 11 is 0. The lowest BCUT2D eigenvalue weighted by molar-refractivity contribution is -0.128. The first-order valence-electron chi connectivity index (χ1n) is 14.9. The van der Waals surface area contributed by atoms with Crippen LogP contribution in [-0.4, -0.2) is 65.6 Å². The molecule has 2 aromatic carbocycles. The molecule has 4 rings (SSSR count). The minimum Gasteiger partial charge on any atom is -0.444 e. The average Bonchev–Trinajstić information content (AvgIpc) is 3.32. The van der Waals surface area contributed by atoms with Crippen molar-refractivity contribution in [3.63, 3.8) is 0 Å². The van der Waals surface area contributed by atoms with Crippen LogP contribution in [0, 0.1) is 5.82 Å². The van der Waals surface area contributed by atoms with Gasteiger partial charge >= 0.3 is 6.09 Å². The number of rotatable bonds is 12. The Morgan fingerprint density at radius 1 is 1.07 bits per heavy atom. The Morgan fingerprint density at radius 3 is 2.61 bits per heavy atom. The van der Waals surface area contributed by atoms with Crippen molar-refractivity contribution in [1.29, 1.82) is 0 Å². The van der Waals surface area contributed by atoms with E-state index in [1.165, 1.54) is 12.1 Å². The lowest BCUT2D eigenvalue weighted by Crippen LogP contribution is -2.43. The van der Waals surface area contributed by atoms with Gasteiger partial charge in [-0.2, -0.15) is 0 Å². The van der Waals surface area contributed by atoms with Crippen molar-refractivity contribution >= 4 is 29.4 Å². The molecule has 1 fully saturated rings. The number of carbonyl (C=O) groups is 3.